The Morgan fingerprint density at radius 2 is 1.86 bits per heavy atom. The number of fused-ring (bicyclic) bond motifs is 3. The molecule has 37 heavy (non-hydrogen) atoms. The number of nitrogens with zero attached hydrogens (tertiary/aromatic N) is 1. The first kappa shape index (κ1) is 26.6. The van der Waals surface area contributed by atoms with E-state index in [-0.39, 0.29) is 23.4 Å². The molecule has 0 bridgehead atoms. The molecule has 10 nitrogen and oxygen atoms in total. The van der Waals surface area contributed by atoms with Crippen molar-refractivity contribution in [2.24, 2.45) is 17.6 Å². The maximum atomic E-state index is 13.8. The molecule has 3 aliphatic carbocycles. The zero-order valence-electron chi connectivity index (χ0n) is 21.4. The Bertz CT molecular complexity index is 1290. The summed E-state index contributed by atoms with van der Waals surface area (Å²) in [5, 5.41) is 48.8. The molecule has 0 fully saturated rings. The maximum absolute atomic E-state index is 13.8. The molecule has 1 aromatic carbocycles. The molecule has 1 amide bonds. The van der Waals surface area contributed by atoms with Crippen LogP contribution in [-0.2, 0) is 16.1 Å². The predicted octanol–water partition coefficient (Wildman–Crippen LogP) is 0.780. The maximum Gasteiger partial charge on any atom is 0.252 e. The van der Waals surface area contributed by atoms with E-state index in [1.165, 1.54) is 4.90 Å². The summed E-state index contributed by atoms with van der Waals surface area (Å²) in [5.74, 6) is -6.37. The number of aliphatic hydroxyl groups is 3. The Kier molecular flexibility index (Phi) is 6.56. The fraction of sp³-hybridized carbons (Fsp3) is 0.444. The Labute approximate surface area is 214 Å². The standard InChI is InChI=1S/C27H33N3O7/c1-11(2)9-29-10-13-6-7-14-12(3)16-18(23(33)17(14)21(13)31)25(35)27(37)8-15(26(28)36)22(32)20(30(4)5)19(27)24(16)34/h6-9,12,16,19-20,24,29,31,34-35,37H,10H2,1-5H3,(H2,28,36)/t12-,16+,19+,20-,24-,27-/m0/s1. The van der Waals surface area contributed by atoms with Crippen LogP contribution in [0.2, 0.25) is 0 Å². The normalized spacial score (nSPS) is 30.8. The number of likely N-dealkylation sites (N-methyl/N-ethyl adjacent to an activating group) is 1. The third-order valence-electron chi connectivity index (χ3n) is 7.75. The number of aromatic hydroxyl groups is 1. The van der Waals surface area contributed by atoms with Crippen molar-refractivity contribution in [1.82, 2.24) is 10.2 Å². The van der Waals surface area contributed by atoms with Crippen LogP contribution in [0.25, 0.3) is 0 Å². The minimum Gasteiger partial charge on any atom is -0.508 e. The van der Waals surface area contributed by atoms with Crippen LogP contribution in [0, 0.1) is 11.8 Å². The number of allylic oxidation sites excluding steroid dienone is 1. The highest BCUT2D eigenvalue weighted by atomic mass is 16.3. The highest BCUT2D eigenvalue weighted by Gasteiger charge is 2.63. The average molecular weight is 512 g/mol. The fourth-order valence-corrected chi connectivity index (χ4v) is 6.05. The average Bonchev–Trinajstić information content (AvgIpc) is 2.80. The molecule has 0 aromatic heterocycles. The SMILES string of the molecule is CC(C)=CNCc1ccc2c(c1O)C(=O)C1=C(O)[C@]3(O)C=C(C(N)=O)C(=O)[C@@H](N(C)C)[C@@H]3[C@@H](O)[C@@H]1[C@H]2C. The number of hydrogen-bond donors (Lipinski definition) is 6. The summed E-state index contributed by atoms with van der Waals surface area (Å²) in [7, 11) is 3.09. The molecule has 0 saturated carbocycles. The second-order valence-electron chi connectivity index (χ2n) is 10.6. The number of rotatable bonds is 5. The van der Waals surface area contributed by atoms with E-state index in [1.54, 1.807) is 39.4 Å². The molecule has 0 heterocycles. The van der Waals surface area contributed by atoms with Crippen LogP contribution in [0.4, 0.5) is 0 Å². The summed E-state index contributed by atoms with van der Waals surface area (Å²) in [6.45, 7) is 5.80. The van der Waals surface area contributed by atoms with Gasteiger partial charge >= 0.3 is 0 Å². The van der Waals surface area contributed by atoms with Crippen LogP contribution >= 0.6 is 0 Å². The van der Waals surface area contributed by atoms with Crippen LogP contribution in [0.5, 0.6) is 5.75 Å². The van der Waals surface area contributed by atoms with Gasteiger partial charge in [-0.2, -0.15) is 0 Å². The molecule has 0 unspecified atom stereocenters. The number of benzene rings is 1. The summed E-state index contributed by atoms with van der Waals surface area (Å²) < 4.78 is 0. The van der Waals surface area contributed by atoms with Gasteiger partial charge in [0.1, 0.15) is 17.1 Å². The minimum atomic E-state index is -2.41. The number of ketones is 2. The van der Waals surface area contributed by atoms with E-state index in [1.807, 2.05) is 13.8 Å². The van der Waals surface area contributed by atoms with Gasteiger partial charge in [-0.1, -0.05) is 24.6 Å². The minimum absolute atomic E-state index is 0.0220. The summed E-state index contributed by atoms with van der Waals surface area (Å²) in [5.41, 5.74) is 4.13. The second kappa shape index (κ2) is 9.13. The zero-order valence-corrected chi connectivity index (χ0v) is 21.4. The molecule has 10 heteroatoms. The van der Waals surface area contributed by atoms with Gasteiger partial charge in [0.25, 0.3) is 5.91 Å². The molecule has 0 radical (unpaired) electrons. The summed E-state index contributed by atoms with van der Waals surface area (Å²) in [6.07, 6.45) is 1.16. The van der Waals surface area contributed by atoms with Crippen molar-refractivity contribution in [3.63, 3.8) is 0 Å². The molecule has 7 N–H and O–H groups in total. The van der Waals surface area contributed by atoms with Crippen molar-refractivity contribution in [2.45, 2.75) is 51.0 Å². The van der Waals surface area contributed by atoms with Crippen LogP contribution < -0.4 is 11.1 Å². The lowest BCUT2D eigenvalue weighted by atomic mass is 9.56. The number of hydrogen-bond acceptors (Lipinski definition) is 9. The van der Waals surface area contributed by atoms with Gasteiger partial charge in [-0.3, -0.25) is 19.3 Å². The number of phenols is 1. The number of nitrogens with one attached hydrogen (secondary N) is 1. The summed E-state index contributed by atoms with van der Waals surface area (Å²) >= 11 is 0. The van der Waals surface area contributed by atoms with Crippen molar-refractivity contribution < 1.29 is 34.8 Å². The largest absolute Gasteiger partial charge is 0.508 e. The Balaban J connectivity index is 1.93. The first-order valence-corrected chi connectivity index (χ1v) is 12.1. The molecule has 0 saturated heterocycles. The number of aliphatic hydroxyl groups excluding tert-OH is 2. The third kappa shape index (κ3) is 3.87. The lowest BCUT2D eigenvalue weighted by Gasteiger charge is -2.53. The molecule has 1 aromatic rings. The second-order valence-corrected chi connectivity index (χ2v) is 10.6. The number of carbonyl (C=O) groups is 3. The molecule has 3 aliphatic rings. The van der Waals surface area contributed by atoms with Crippen LogP contribution in [0.15, 0.2) is 46.9 Å². The Morgan fingerprint density at radius 3 is 2.43 bits per heavy atom. The number of amides is 1. The van der Waals surface area contributed by atoms with Gasteiger partial charge in [-0.25, -0.2) is 0 Å². The number of nitrogens with two attached hydrogens (primary N) is 1. The quantitative estimate of drug-likeness (QED) is 0.312. The Morgan fingerprint density at radius 1 is 1.22 bits per heavy atom. The van der Waals surface area contributed by atoms with E-state index in [0.717, 1.165) is 11.6 Å². The monoisotopic (exact) mass is 511 g/mol. The first-order valence-electron chi connectivity index (χ1n) is 12.1. The van der Waals surface area contributed by atoms with E-state index in [2.05, 4.69) is 5.32 Å². The molecular formula is C27H33N3O7. The number of primary amides is 1. The number of phenolic OH excluding ortho intramolecular Hbond substituents is 1. The van der Waals surface area contributed by atoms with Gasteiger partial charge in [0, 0.05) is 29.5 Å². The van der Waals surface area contributed by atoms with Gasteiger partial charge < -0.3 is 31.5 Å². The molecule has 198 valence electrons. The van der Waals surface area contributed by atoms with Crippen molar-refractivity contribution in [1.29, 1.82) is 0 Å². The third-order valence-corrected chi connectivity index (χ3v) is 7.75. The van der Waals surface area contributed by atoms with Crippen molar-refractivity contribution in [2.75, 3.05) is 14.1 Å². The summed E-state index contributed by atoms with van der Waals surface area (Å²) in [4.78, 5) is 40.4. The zero-order chi connectivity index (χ0) is 27.6. The Hall–Kier alpha value is -3.47. The van der Waals surface area contributed by atoms with E-state index >= 15 is 0 Å². The van der Waals surface area contributed by atoms with Gasteiger partial charge in [-0.15, -0.1) is 0 Å². The lowest BCUT2D eigenvalue weighted by molar-refractivity contribution is -0.142. The van der Waals surface area contributed by atoms with Gasteiger partial charge in [0.05, 0.1) is 23.3 Å². The lowest BCUT2D eigenvalue weighted by Crippen LogP contribution is -2.66. The predicted molar refractivity (Wildman–Crippen MR) is 134 cm³/mol. The number of carbonyl (C=O) groups excluding carboxylic acids is 3. The smallest absolute Gasteiger partial charge is 0.252 e. The van der Waals surface area contributed by atoms with Crippen LogP contribution in [-0.4, -0.2) is 74.6 Å². The molecule has 4 rings (SSSR count). The summed E-state index contributed by atoms with van der Waals surface area (Å²) in [6, 6.07) is 2.20. The van der Waals surface area contributed by atoms with E-state index in [0.29, 0.717) is 11.1 Å². The van der Waals surface area contributed by atoms with Crippen LogP contribution in [0.1, 0.15) is 48.2 Å². The van der Waals surface area contributed by atoms with E-state index in [9.17, 15) is 34.8 Å². The number of Topliss-reactive ketones (excluding diaryl/α,β-unsaturated/α-hetero) is 2. The highest BCUT2D eigenvalue weighted by molar-refractivity contribution is 6.22. The molecular weight excluding hydrogens is 478 g/mol. The van der Waals surface area contributed by atoms with Gasteiger partial charge in [0.15, 0.2) is 11.6 Å². The highest BCUT2D eigenvalue weighted by Crippen LogP contribution is 2.54. The molecule has 6 atom stereocenters. The first-order chi connectivity index (χ1) is 17.2. The molecule has 0 spiro atoms. The fourth-order valence-electron chi connectivity index (χ4n) is 6.05. The topological polar surface area (TPSA) is 173 Å². The van der Waals surface area contributed by atoms with E-state index in [4.69, 9.17) is 5.73 Å². The van der Waals surface area contributed by atoms with Crippen molar-refractivity contribution >= 4 is 17.5 Å². The van der Waals surface area contributed by atoms with Crippen molar-refractivity contribution in [3.8, 4) is 5.75 Å². The van der Waals surface area contributed by atoms with Crippen molar-refractivity contribution in [3.05, 3.63) is 63.6 Å². The van der Waals surface area contributed by atoms with E-state index < -0.39 is 64.3 Å². The van der Waals surface area contributed by atoms with Gasteiger partial charge in [0.2, 0.25) is 0 Å². The van der Waals surface area contributed by atoms with Gasteiger partial charge in [-0.05, 0) is 51.7 Å². The molecule has 0 aliphatic heterocycles. The van der Waals surface area contributed by atoms with Crippen LogP contribution in [0.3, 0.4) is 0 Å².